The number of carbonyl (C=O) groups is 1. The first-order chi connectivity index (χ1) is 11.8. The van der Waals surface area contributed by atoms with Crippen LogP contribution in [0.3, 0.4) is 0 Å². The smallest absolute Gasteiger partial charge is 0.326 e. The van der Waals surface area contributed by atoms with Crippen molar-refractivity contribution in [2.24, 2.45) is 0 Å². The van der Waals surface area contributed by atoms with Gasteiger partial charge in [-0.2, -0.15) is 0 Å². The van der Waals surface area contributed by atoms with E-state index in [2.05, 4.69) is 0 Å². The lowest BCUT2D eigenvalue weighted by atomic mass is 10.0. The summed E-state index contributed by atoms with van der Waals surface area (Å²) in [6.07, 6.45) is 1.24. The molecule has 1 aromatic carbocycles. The van der Waals surface area contributed by atoms with Gasteiger partial charge in [-0.3, -0.25) is 19.5 Å². The number of nitrogens with zero attached hydrogens (tertiary/aromatic N) is 2. The van der Waals surface area contributed by atoms with Gasteiger partial charge in [0, 0.05) is 22.7 Å². The zero-order valence-electron chi connectivity index (χ0n) is 13.4. The minimum atomic E-state index is -1.19. The molecular weight excluding hydrogens is 352 g/mol. The van der Waals surface area contributed by atoms with E-state index in [4.69, 9.17) is 21.4 Å². The molecule has 9 heteroatoms. The Hall–Kier alpha value is -2.87. The zero-order chi connectivity index (χ0) is 18.7. The highest BCUT2D eigenvalue weighted by Gasteiger charge is 2.23. The third kappa shape index (κ3) is 3.80. The van der Waals surface area contributed by atoms with Crippen molar-refractivity contribution in [1.29, 1.82) is 0 Å². The van der Waals surface area contributed by atoms with E-state index in [0.29, 0.717) is 0 Å². The number of aliphatic carboxylic acids is 1. The second-order valence-corrected chi connectivity index (χ2v) is 5.60. The second kappa shape index (κ2) is 7.35. The molecule has 132 valence electrons. The first-order valence-corrected chi connectivity index (χ1v) is 7.70. The fraction of sp³-hybridized carbons (Fsp3) is 0.250. The van der Waals surface area contributed by atoms with E-state index in [9.17, 15) is 19.7 Å². The van der Waals surface area contributed by atoms with Gasteiger partial charge in [0.1, 0.15) is 11.8 Å². The van der Waals surface area contributed by atoms with Crippen molar-refractivity contribution >= 4 is 23.3 Å². The summed E-state index contributed by atoms with van der Waals surface area (Å²) in [4.78, 5) is 34.2. The molecule has 0 bridgehead atoms. The molecule has 0 aliphatic rings. The molecule has 0 spiro atoms. The van der Waals surface area contributed by atoms with Crippen LogP contribution in [-0.2, 0) is 4.79 Å². The Morgan fingerprint density at radius 2 is 2.08 bits per heavy atom. The lowest BCUT2D eigenvalue weighted by Crippen LogP contribution is -2.27. The van der Waals surface area contributed by atoms with Gasteiger partial charge in [-0.1, -0.05) is 11.6 Å². The number of carboxylic acids is 1. The highest BCUT2D eigenvalue weighted by molar-refractivity contribution is 6.31. The van der Waals surface area contributed by atoms with E-state index in [1.54, 1.807) is 6.92 Å². The van der Waals surface area contributed by atoms with Crippen LogP contribution in [0.1, 0.15) is 19.9 Å². The minimum Gasteiger partial charge on any atom is -0.492 e. The second-order valence-electron chi connectivity index (χ2n) is 5.16. The van der Waals surface area contributed by atoms with Gasteiger partial charge >= 0.3 is 5.97 Å². The summed E-state index contributed by atoms with van der Waals surface area (Å²) in [6, 6.07) is 3.97. The van der Waals surface area contributed by atoms with Gasteiger partial charge in [0.15, 0.2) is 0 Å². The molecule has 2 aromatic rings. The molecule has 0 aliphatic carbocycles. The maximum Gasteiger partial charge on any atom is 0.326 e. The van der Waals surface area contributed by atoms with Crippen molar-refractivity contribution in [3.8, 4) is 16.9 Å². The summed E-state index contributed by atoms with van der Waals surface area (Å²) < 4.78 is 6.47. The molecule has 0 amide bonds. The van der Waals surface area contributed by atoms with E-state index in [-0.39, 0.29) is 34.2 Å². The summed E-state index contributed by atoms with van der Waals surface area (Å²) in [6.45, 7) is 3.27. The number of hydrogen-bond donors (Lipinski definition) is 1. The highest BCUT2D eigenvalue weighted by Crippen LogP contribution is 2.37. The maximum atomic E-state index is 12.3. The number of ether oxygens (including phenoxy) is 1. The molecule has 1 atom stereocenters. The fourth-order valence-corrected chi connectivity index (χ4v) is 2.49. The van der Waals surface area contributed by atoms with Crippen LogP contribution >= 0.6 is 11.6 Å². The Morgan fingerprint density at radius 1 is 1.40 bits per heavy atom. The maximum absolute atomic E-state index is 12.3. The predicted molar refractivity (Wildman–Crippen MR) is 91.3 cm³/mol. The van der Waals surface area contributed by atoms with Gasteiger partial charge in [-0.05, 0) is 26.0 Å². The molecule has 0 saturated carbocycles. The van der Waals surface area contributed by atoms with E-state index >= 15 is 0 Å². The molecule has 1 heterocycles. The number of carboxylic acid groups (broad SMARTS) is 1. The molecule has 1 aromatic heterocycles. The minimum absolute atomic E-state index is 0.119. The van der Waals surface area contributed by atoms with Crippen LogP contribution in [-0.4, -0.2) is 27.2 Å². The van der Waals surface area contributed by atoms with E-state index < -0.39 is 22.5 Å². The third-order valence-electron chi connectivity index (χ3n) is 3.56. The summed E-state index contributed by atoms with van der Waals surface area (Å²) in [7, 11) is 0. The average Bonchev–Trinajstić information content (AvgIpc) is 2.55. The number of aromatic nitrogens is 1. The topological polar surface area (TPSA) is 112 Å². The molecule has 0 aliphatic heterocycles. The molecule has 25 heavy (non-hydrogen) atoms. The van der Waals surface area contributed by atoms with Gasteiger partial charge < -0.3 is 9.84 Å². The van der Waals surface area contributed by atoms with Crippen molar-refractivity contribution in [3.05, 3.63) is 56.0 Å². The van der Waals surface area contributed by atoms with Crippen LogP contribution in [0, 0.1) is 10.1 Å². The first kappa shape index (κ1) is 18.5. The molecule has 1 unspecified atom stereocenters. The number of hydrogen-bond acceptors (Lipinski definition) is 5. The predicted octanol–water partition coefficient (Wildman–Crippen LogP) is 3.12. The molecular formula is C16H15ClN2O6. The van der Waals surface area contributed by atoms with Gasteiger partial charge in [0.25, 0.3) is 11.2 Å². The Morgan fingerprint density at radius 3 is 2.64 bits per heavy atom. The first-order valence-electron chi connectivity index (χ1n) is 7.32. The number of nitro benzene ring substituents is 1. The number of rotatable bonds is 6. The lowest BCUT2D eigenvalue weighted by Gasteiger charge is -2.16. The SMILES string of the molecule is CCOc1cn(C(C)C(=O)O)c(=O)cc1-c1cc(Cl)ccc1[N+](=O)[O-]. The monoisotopic (exact) mass is 366 g/mol. The zero-order valence-corrected chi connectivity index (χ0v) is 14.2. The number of nitro groups is 1. The molecule has 0 radical (unpaired) electrons. The fourth-order valence-electron chi connectivity index (χ4n) is 2.31. The molecule has 2 rings (SSSR count). The Balaban J connectivity index is 2.76. The van der Waals surface area contributed by atoms with Gasteiger partial charge in [0.2, 0.25) is 0 Å². The van der Waals surface area contributed by atoms with Crippen LogP contribution in [0.25, 0.3) is 11.1 Å². The van der Waals surface area contributed by atoms with Gasteiger partial charge in [-0.15, -0.1) is 0 Å². The molecule has 0 fully saturated rings. The summed E-state index contributed by atoms with van der Waals surface area (Å²) >= 11 is 5.94. The third-order valence-corrected chi connectivity index (χ3v) is 3.80. The van der Waals surface area contributed by atoms with E-state index in [1.165, 1.54) is 31.3 Å². The molecule has 0 saturated heterocycles. The molecule has 8 nitrogen and oxygen atoms in total. The Bertz CT molecular complexity index is 893. The largest absolute Gasteiger partial charge is 0.492 e. The summed E-state index contributed by atoms with van der Waals surface area (Å²) in [5, 5.41) is 20.7. The van der Waals surface area contributed by atoms with E-state index in [1.807, 2.05) is 0 Å². The van der Waals surface area contributed by atoms with Crippen LogP contribution in [0.5, 0.6) is 5.75 Å². The van der Waals surface area contributed by atoms with Crippen molar-refractivity contribution in [2.45, 2.75) is 19.9 Å². The Labute approximate surface area is 147 Å². The van der Waals surface area contributed by atoms with Crippen LogP contribution in [0.15, 0.2) is 35.3 Å². The van der Waals surface area contributed by atoms with E-state index in [0.717, 1.165) is 10.6 Å². The number of halogens is 1. The van der Waals surface area contributed by atoms with Crippen molar-refractivity contribution in [1.82, 2.24) is 4.57 Å². The van der Waals surface area contributed by atoms with Gasteiger partial charge in [0.05, 0.1) is 23.3 Å². The van der Waals surface area contributed by atoms with Crippen LogP contribution in [0.4, 0.5) is 5.69 Å². The molecule has 1 N–H and O–H groups in total. The van der Waals surface area contributed by atoms with Crippen LogP contribution < -0.4 is 10.3 Å². The van der Waals surface area contributed by atoms with Crippen molar-refractivity contribution < 1.29 is 19.6 Å². The standard InChI is InChI=1S/C16H15ClN2O6/c1-3-25-14-8-18(9(2)16(21)22)15(20)7-12(14)11-6-10(17)4-5-13(11)19(23)24/h4-9H,3H2,1-2H3,(H,21,22). The summed E-state index contributed by atoms with van der Waals surface area (Å²) in [5.74, 6) is -1.04. The van der Waals surface area contributed by atoms with Crippen molar-refractivity contribution in [2.75, 3.05) is 6.61 Å². The number of pyridine rings is 1. The van der Waals surface area contributed by atoms with Crippen LogP contribution in [0.2, 0.25) is 5.02 Å². The quantitative estimate of drug-likeness (QED) is 0.621. The van der Waals surface area contributed by atoms with Crippen molar-refractivity contribution in [3.63, 3.8) is 0 Å². The highest BCUT2D eigenvalue weighted by atomic mass is 35.5. The van der Waals surface area contributed by atoms with Gasteiger partial charge in [-0.25, -0.2) is 4.79 Å². The Kier molecular flexibility index (Phi) is 5.43. The normalized spacial score (nSPS) is 11.8. The summed E-state index contributed by atoms with van der Waals surface area (Å²) in [5.41, 5.74) is -0.570. The lowest BCUT2D eigenvalue weighted by molar-refractivity contribution is -0.384. The average molecular weight is 367 g/mol. The number of benzene rings is 1.